The standard InChI is InChI=1S/C8H8BrN3O/c9-6-7(10-5-11-8(6)13)12-3-1-2-4-12/h1-2,5H,3-4H2,(H,10,11,13). The summed E-state index contributed by atoms with van der Waals surface area (Å²) in [7, 11) is 0. The third-order valence-corrected chi connectivity index (χ3v) is 2.61. The highest BCUT2D eigenvalue weighted by Gasteiger charge is 2.13. The van der Waals surface area contributed by atoms with E-state index in [2.05, 4.69) is 38.0 Å². The molecule has 2 rings (SSSR count). The van der Waals surface area contributed by atoms with Crippen molar-refractivity contribution in [3.63, 3.8) is 0 Å². The summed E-state index contributed by atoms with van der Waals surface area (Å²) < 4.78 is 0.499. The second-order valence-electron chi connectivity index (χ2n) is 2.75. The number of hydrogen-bond acceptors (Lipinski definition) is 3. The quantitative estimate of drug-likeness (QED) is 0.744. The molecule has 0 amide bonds. The Morgan fingerprint density at radius 1 is 1.46 bits per heavy atom. The van der Waals surface area contributed by atoms with E-state index < -0.39 is 0 Å². The molecule has 5 heteroatoms. The van der Waals surface area contributed by atoms with Crippen molar-refractivity contribution < 1.29 is 0 Å². The van der Waals surface area contributed by atoms with E-state index in [-0.39, 0.29) is 5.56 Å². The van der Waals surface area contributed by atoms with Crippen molar-refractivity contribution in [2.45, 2.75) is 0 Å². The van der Waals surface area contributed by atoms with Gasteiger partial charge in [-0.1, -0.05) is 12.2 Å². The molecule has 4 nitrogen and oxygen atoms in total. The fourth-order valence-corrected chi connectivity index (χ4v) is 1.71. The molecule has 0 fully saturated rings. The van der Waals surface area contributed by atoms with Crippen LogP contribution in [0.1, 0.15) is 0 Å². The Bertz CT molecular complexity index is 391. The Hall–Kier alpha value is -1.10. The van der Waals surface area contributed by atoms with Crippen LogP contribution >= 0.6 is 15.9 Å². The van der Waals surface area contributed by atoms with Gasteiger partial charge in [0.05, 0.1) is 6.33 Å². The van der Waals surface area contributed by atoms with Crippen LogP contribution in [-0.4, -0.2) is 23.1 Å². The van der Waals surface area contributed by atoms with Gasteiger partial charge in [-0.3, -0.25) is 4.79 Å². The van der Waals surface area contributed by atoms with E-state index in [9.17, 15) is 4.79 Å². The minimum absolute atomic E-state index is 0.142. The second-order valence-corrected chi connectivity index (χ2v) is 3.54. The van der Waals surface area contributed by atoms with Gasteiger partial charge in [-0.15, -0.1) is 0 Å². The highest BCUT2D eigenvalue weighted by Crippen LogP contribution is 2.20. The normalized spacial score (nSPS) is 15.3. The zero-order chi connectivity index (χ0) is 9.26. The first-order chi connectivity index (χ1) is 6.29. The van der Waals surface area contributed by atoms with E-state index in [0.717, 1.165) is 13.1 Å². The van der Waals surface area contributed by atoms with Gasteiger partial charge in [0.1, 0.15) is 4.47 Å². The Kier molecular flexibility index (Phi) is 2.18. The minimum atomic E-state index is -0.142. The molecule has 0 aromatic carbocycles. The molecule has 1 aromatic heterocycles. The number of rotatable bonds is 1. The summed E-state index contributed by atoms with van der Waals surface area (Å²) in [6.07, 6.45) is 5.52. The van der Waals surface area contributed by atoms with Gasteiger partial charge < -0.3 is 9.88 Å². The number of halogens is 1. The van der Waals surface area contributed by atoms with Crippen molar-refractivity contribution in [3.05, 3.63) is 33.3 Å². The van der Waals surface area contributed by atoms with Crippen LogP contribution in [0.5, 0.6) is 0 Å². The van der Waals surface area contributed by atoms with Crippen molar-refractivity contribution >= 4 is 21.7 Å². The van der Waals surface area contributed by atoms with Crippen LogP contribution in [0.4, 0.5) is 5.82 Å². The number of aromatic nitrogens is 2. The maximum absolute atomic E-state index is 11.2. The van der Waals surface area contributed by atoms with E-state index in [1.54, 1.807) is 0 Å². The lowest BCUT2D eigenvalue weighted by atomic mass is 10.5. The van der Waals surface area contributed by atoms with Gasteiger partial charge in [0, 0.05) is 13.1 Å². The minimum Gasteiger partial charge on any atom is -0.348 e. The number of H-pyrrole nitrogens is 1. The lowest BCUT2D eigenvalue weighted by molar-refractivity contribution is 0.938. The van der Waals surface area contributed by atoms with Gasteiger partial charge in [-0.2, -0.15) is 0 Å². The Balaban J connectivity index is 2.40. The molecule has 0 atom stereocenters. The van der Waals surface area contributed by atoms with Crippen LogP contribution in [0.3, 0.4) is 0 Å². The maximum atomic E-state index is 11.2. The Labute approximate surface area is 83.4 Å². The van der Waals surface area contributed by atoms with Crippen LogP contribution in [0.25, 0.3) is 0 Å². The molecule has 0 radical (unpaired) electrons. The monoisotopic (exact) mass is 241 g/mol. The highest BCUT2D eigenvalue weighted by molar-refractivity contribution is 9.10. The van der Waals surface area contributed by atoms with Gasteiger partial charge in [-0.05, 0) is 15.9 Å². The first-order valence-electron chi connectivity index (χ1n) is 3.92. The van der Waals surface area contributed by atoms with Crippen molar-refractivity contribution in [2.24, 2.45) is 0 Å². The number of aromatic amines is 1. The fourth-order valence-electron chi connectivity index (χ4n) is 1.25. The summed E-state index contributed by atoms with van der Waals surface area (Å²) in [6.45, 7) is 1.63. The predicted octanol–water partition coefficient (Wildman–Crippen LogP) is 0.909. The molecule has 0 saturated heterocycles. The van der Waals surface area contributed by atoms with Gasteiger partial charge in [0.2, 0.25) is 0 Å². The first kappa shape index (κ1) is 8.50. The average molecular weight is 242 g/mol. The average Bonchev–Trinajstić information content (AvgIpc) is 2.62. The van der Waals surface area contributed by atoms with Gasteiger partial charge in [0.15, 0.2) is 5.82 Å². The van der Waals surface area contributed by atoms with Crippen molar-refractivity contribution in [2.75, 3.05) is 18.0 Å². The molecule has 0 bridgehead atoms. The Morgan fingerprint density at radius 2 is 2.15 bits per heavy atom. The van der Waals surface area contributed by atoms with Crippen LogP contribution in [0.2, 0.25) is 0 Å². The third-order valence-electron chi connectivity index (χ3n) is 1.90. The largest absolute Gasteiger partial charge is 0.348 e. The predicted molar refractivity (Wildman–Crippen MR) is 53.9 cm³/mol. The maximum Gasteiger partial charge on any atom is 0.267 e. The van der Waals surface area contributed by atoms with E-state index in [0.29, 0.717) is 10.3 Å². The van der Waals surface area contributed by atoms with Crippen molar-refractivity contribution in [1.29, 1.82) is 0 Å². The van der Waals surface area contributed by atoms with Crippen molar-refractivity contribution in [3.8, 4) is 0 Å². The summed E-state index contributed by atoms with van der Waals surface area (Å²) in [6, 6.07) is 0. The fraction of sp³-hybridized carbons (Fsp3) is 0.250. The summed E-state index contributed by atoms with van der Waals surface area (Å²) in [5.41, 5.74) is -0.142. The zero-order valence-electron chi connectivity index (χ0n) is 6.83. The molecular weight excluding hydrogens is 234 g/mol. The molecule has 0 aliphatic carbocycles. The topological polar surface area (TPSA) is 49.0 Å². The van der Waals surface area contributed by atoms with E-state index in [1.807, 2.05) is 4.90 Å². The highest BCUT2D eigenvalue weighted by atomic mass is 79.9. The first-order valence-corrected chi connectivity index (χ1v) is 4.71. The lowest BCUT2D eigenvalue weighted by Crippen LogP contribution is -2.23. The van der Waals surface area contributed by atoms with Gasteiger partial charge >= 0.3 is 0 Å². The summed E-state index contributed by atoms with van der Waals surface area (Å²) in [4.78, 5) is 19.8. The molecule has 2 heterocycles. The second kappa shape index (κ2) is 3.33. The SMILES string of the molecule is O=c1[nH]cnc(N2CC=CC2)c1Br. The molecule has 0 saturated carbocycles. The lowest BCUT2D eigenvalue weighted by Gasteiger charge is -2.16. The van der Waals surface area contributed by atoms with Crippen LogP contribution in [0.15, 0.2) is 27.7 Å². The number of nitrogens with one attached hydrogen (secondary N) is 1. The molecule has 1 aliphatic heterocycles. The van der Waals surface area contributed by atoms with Crippen LogP contribution in [-0.2, 0) is 0 Å². The third kappa shape index (κ3) is 1.51. The van der Waals surface area contributed by atoms with E-state index in [4.69, 9.17) is 0 Å². The molecule has 0 unspecified atom stereocenters. The number of anilines is 1. The molecule has 13 heavy (non-hydrogen) atoms. The molecule has 68 valence electrons. The molecule has 0 spiro atoms. The van der Waals surface area contributed by atoms with Crippen molar-refractivity contribution in [1.82, 2.24) is 9.97 Å². The summed E-state index contributed by atoms with van der Waals surface area (Å²) in [5, 5.41) is 0. The zero-order valence-corrected chi connectivity index (χ0v) is 8.41. The summed E-state index contributed by atoms with van der Waals surface area (Å²) >= 11 is 3.21. The molecule has 1 aliphatic rings. The van der Waals surface area contributed by atoms with Gasteiger partial charge in [0.25, 0.3) is 5.56 Å². The van der Waals surface area contributed by atoms with E-state index in [1.165, 1.54) is 6.33 Å². The Morgan fingerprint density at radius 3 is 2.85 bits per heavy atom. The molecule has 1 aromatic rings. The summed E-state index contributed by atoms with van der Waals surface area (Å²) in [5.74, 6) is 0.703. The van der Waals surface area contributed by atoms with Crippen LogP contribution < -0.4 is 10.5 Å². The smallest absolute Gasteiger partial charge is 0.267 e. The van der Waals surface area contributed by atoms with E-state index >= 15 is 0 Å². The molecular formula is C8H8BrN3O. The number of hydrogen-bond donors (Lipinski definition) is 1. The van der Waals surface area contributed by atoms with Crippen LogP contribution in [0, 0.1) is 0 Å². The van der Waals surface area contributed by atoms with Gasteiger partial charge in [-0.25, -0.2) is 4.98 Å². The number of nitrogens with zero attached hydrogens (tertiary/aromatic N) is 2. The molecule has 1 N–H and O–H groups in total.